The van der Waals surface area contributed by atoms with Gasteiger partial charge in [0.15, 0.2) is 0 Å². The molecule has 0 N–H and O–H groups in total. The fourth-order valence-corrected chi connectivity index (χ4v) is 0.932. The van der Waals surface area contributed by atoms with Crippen LogP contribution < -0.4 is 5.30 Å². The molecule has 2 aromatic carbocycles. The summed E-state index contributed by atoms with van der Waals surface area (Å²) in [5.41, 5.74) is 0. The molecule has 2 aromatic rings. The summed E-state index contributed by atoms with van der Waals surface area (Å²) in [5.74, 6) is 0. The molecule has 0 bridgehead atoms. The Morgan fingerprint density at radius 3 is 1.77 bits per heavy atom. The quantitative estimate of drug-likeness (QED) is 0.394. The first kappa shape index (κ1) is 15.6. The number of hydrogen-bond acceptors (Lipinski definition) is 0. The van der Waals surface area contributed by atoms with Crippen LogP contribution in [-0.4, -0.2) is 0 Å². The van der Waals surface area contributed by atoms with E-state index < -0.39 is 0 Å². The van der Waals surface area contributed by atoms with Crippen LogP contribution in [0, 0.1) is 0 Å². The van der Waals surface area contributed by atoms with E-state index in [-0.39, 0.29) is 33.6 Å². The minimum absolute atomic E-state index is 0. The van der Waals surface area contributed by atoms with E-state index in [2.05, 4.69) is 9.24 Å². The molecule has 13 heavy (non-hydrogen) atoms. The van der Waals surface area contributed by atoms with Gasteiger partial charge in [0.1, 0.15) is 0 Å². The van der Waals surface area contributed by atoms with Crippen LogP contribution in [0.2, 0.25) is 0 Å². The van der Waals surface area contributed by atoms with Gasteiger partial charge in [0.25, 0.3) is 0 Å². The summed E-state index contributed by atoms with van der Waals surface area (Å²) in [7, 11) is 2.62. The van der Waals surface area contributed by atoms with Crippen LogP contribution in [0.1, 0.15) is 0 Å². The Labute approximate surface area is 102 Å². The molecular formula is C10H11FeNiP. The fourth-order valence-electron chi connectivity index (χ4n) is 0.710. The van der Waals surface area contributed by atoms with Crippen molar-refractivity contribution in [3.63, 3.8) is 0 Å². The Morgan fingerprint density at radius 1 is 1.00 bits per heavy atom. The Balaban J connectivity index is 0. The van der Waals surface area contributed by atoms with Crippen LogP contribution in [0.15, 0.2) is 54.6 Å². The minimum atomic E-state index is 0. The maximum atomic E-state index is 2.62. The molecule has 0 aliphatic rings. The van der Waals surface area contributed by atoms with Gasteiger partial charge in [-0.2, -0.15) is 30.3 Å². The number of hydrogen-bond donors (Lipinski definition) is 0. The second kappa shape index (κ2) is 10.2. The molecule has 0 amide bonds. The van der Waals surface area contributed by atoms with Crippen LogP contribution in [0.5, 0.6) is 0 Å². The summed E-state index contributed by atoms with van der Waals surface area (Å²) in [6, 6.07) is 18.1. The first-order valence-electron chi connectivity index (χ1n) is 3.53. The zero-order valence-electron chi connectivity index (χ0n) is 6.94. The van der Waals surface area contributed by atoms with Gasteiger partial charge in [0.2, 0.25) is 0 Å². The van der Waals surface area contributed by atoms with E-state index in [1.807, 2.05) is 54.6 Å². The second-order valence-electron chi connectivity index (χ2n) is 2.18. The van der Waals surface area contributed by atoms with Gasteiger partial charge in [-0.1, -0.05) is 0 Å². The zero-order chi connectivity index (χ0) is 7.94. The third-order valence-corrected chi connectivity index (χ3v) is 1.63. The molecule has 74 valence electrons. The SMILES string of the molecule is Pc1ccc[cH-]1.[Fe+2].[Ni].c1cc[cH-]c1. The second-order valence-corrected chi connectivity index (χ2v) is 2.85. The molecule has 0 radical (unpaired) electrons. The van der Waals surface area contributed by atoms with Gasteiger partial charge in [-0.05, 0) is 0 Å². The van der Waals surface area contributed by atoms with Gasteiger partial charge in [0, 0.05) is 16.5 Å². The van der Waals surface area contributed by atoms with Crippen molar-refractivity contribution < 1.29 is 33.6 Å². The zero-order valence-corrected chi connectivity index (χ0v) is 10.2. The van der Waals surface area contributed by atoms with E-state index in [1.54, 1.807) is 0 Å². The smallest absolute Gasteiger partial charge is 0.214 e. The Kier molecular flexibility index (Phi) is 12.3. The van der Waals surface area contributed by atoms with Gasteiger partial charge < -0.3 is 0 Å². The Hall–Kier alpha value is 0.143. The van der Waals surface area contributed by atoms with E-state index in [1.165, 1.54) is 5.30 Å². The fraction of sp³-hybridized carbons (Fsp3) is 0. The largest absolute Gasteiger partial charge is 2.00 e. The molecule has 0 saturated carbocycles. The summed E-state index contributed by atoms with van der Waals surface area (Å²) in [6.45, 7) is 0. The van der Waals surface area contributed by atoms with Crippen molar-refractivity contribution in [1.29, 1.82) is 0 Å². The predicted octanol–water partition coefficient (Wildman–Crippen LogP) is 2.31. The van der Waals surface area contributed by atoms with Crippen molar-refractivity contribution >= 4 is 14.5 Å². The molecule has 0 fully saturated rings. The normalized spacial score (nSPS) is 7.15. The molecule has 1 unspecified atom stereocenters. The molecule has 0 nitrogen and oxygen atoms in total. The van der Waals surface area contributed by atoms with Crippen LogP contribution in [-0.2, 0) is 33.6 Å². The van der Waals surface area contributed by atoms with Gasteiger partial charge in [-0.15, -0.1) is 14.5 Å². The van der Waals surface area contributed by atoms with E-state index in [0.29, 0.717) is 0 Å². The van der Waals surface area contributed by atoms with Gasteiger partial charge in [0.05, 0.1) is 0 Å². The summed E-state index contributed by atoms with van der Waals surface area (Å²) in [5, 5.41) is 1.26. The molecule has 0 spiro atoms. The summed E-state index contributed by atoms with van der Waals surface area (Å²) < 4.78 is 0. The van der Waals surface area contributed by atoms with Crippen LogP contribution >= 0.6 is 9.24 Å². The molecule has 0 heterocycles. The third-order valence-electron chi connectivity index (χ3n) is 1.24. The molecular weight excluding hydrogens is 266 g/mol. The van der Waals surface area contributed by atoms with Crippen LogP contribution in [0.25, 0.3) is 0 Å². The van der Waals surface area contributed by atoms with Crippen molar-refractivity contribution in [3.8, 4) is 0 Å². The molecule has 0 aliphatic carbocycles. The number of rotatable bonds is 0. The van der Waals surface area contributed by atoms with Crippen molar-refractivity contribution in [2.75, 3.05) is 0 Å². The van der Waals surface area contributed by atoms with Crippen molar-refractivity contribution in [3.05, 3.63) is 54.6 Å². The average Bonchev–Trinajstić information content (AvgIpc) is 2.57. The monoisotopic (exact) mass is 276 g/mol. The van der Waals surface area contributed by atoms with Crippen molar-refractivity contribution in [1.82, 2.24) is 0 Å². The summed E-state index contributed by atoms with van der Waals surface area (Å²) in [6.07, 6.45) is 0. The Morgan fingerprint density at radius 2 is 1.62 bits per heavy atom. The first-order valence-corrected chi connectivity index (χ1v) is 4.11. The van der Waals surface area contributed by atoms with Gasteiger partial charge in [-0.3, -0.25) is 0 Å². The van der Waals surface area contributed by atoms with Crippen molar-refractivity contribution in [2.45, 2.75) is 0 Å². The van der Waals surface area contributed by atoms with E-state index in [0.717, 1.165) is 0 Å². The summed E-state index contributed by atoms with van der Waals surface area (Å²) >= 11 is 0. The van der Waals surface area contributed by atoms with E-state index in [9.17, 15) is 0 Å². The average molecular weight is 277 g/mol. The van der Waals surface area contributed by atoms with E-state index >= 15 is 0 Å². The maximum Gasteiger partial charge on any atom is 2.00 e. The topological polar surface area (TPSA) is 0 Å². The van der Waals surface area contributed by atoms with Gasteiger partial charge in [-0.25, -0.2) is 24.3 Å². The van der Waals surface area contributed by atoms with Crippen molar-refractivity contribution in [2.24, 2.45) is 0 Å². The molecule has 0 saturated heterocycles. The molecule has 2 rings (SSSR count). The standard InChI is InChI=1S/C5H6P.C5H5.Fe.Ni/c6-5-3-1-2-4-5;1-2-4-5-3-1;;/h1-4H,6H2;1-5H;;/q2*-1;+2;. The van der Waals surface area contributed by atoms with E-state index in [4.69, 9.17) is 0 Å². The molecule has 0 aliphatic heterocycles. The first-order chi connectivity index (χ1) is 5.39. The Bertz CT molecular complexity index is 233. The molecule has 3 heteroatoms. The van der Waals surface area contributed by atoms with Gasteiger partial charge >= 0.3 is 17.1 Å². The molecule has 1 atom stereocenters. The maximum absolute atomic E-state index is 2.62. The molecule has 0 aromatic heterocycles. The third kappa shape index (κ3) is 8.47. The van der Waals surface area contributed by atoms with Crippen LogP contribution in [0.3, 0.4) is 0 Å². The summed E-state index contributed by atoms with van der Waals surface area (Å²) in [4.78, 5) is 0. The minimum Gasteiger partial charge on any atom is -0.214 e. The predicted molar refractivity (Wildman–Crippen MR) is 53.4 cm³/mol. The van der Waals surface area contributed by atoms with Crippen LogP contribution in [0.4, 0.5) is 0 Å².